The van der Waals surface area contributed by atoms with Gasteiger partial charge < -0.3 is 9.84 Å². The molecule has 0 unspecified atom stereocenters. The van der Waals surface area contributed by atoms with E-state index in [4.69, 9.17) is 4.74 Å². The van der Waals surface area contributed by atoms with E-state index in [0.717, 1.165) is 4.88 Å². The van der Waals surface area contributed by atoms with E-state index in [1.165, 1.54) is 10.9 Å². The molecule has 2 aromatic heterocycles. The number of rotatable bonds is 6. The Hall–Kier alpha value is -4.11. The maximum atomic E-state index is 12.4. The minimum atomic E-state index is -0.745. The third kappa shape index (κ3) is 4.90. The van der Waals surface area contributed by atoms with Crippen molar-refractivity contribution in [2.75, 3.05) is 0 Å². The van der Waals surface area contributed by atoms with Crippen molar-refractivity contribution in [3.05, 3.63) is 94.4 Å². The minimum Gasteiger partial charge on any atom is -0.504 e. The number of hydrogen-bond donors (Lipinski definition) is 3. The van der Waals surface area contributed by atoms with Gasteiger partial charge in [-0.3, -0.25) is 20.4 Å². The Morgan fingerprint density at radius 3 is 2.58 bits per heavy atom. The van der Waals surface area contributed by atoms with Gasteiger partial charge in [0.2, 0.25) is 0 Å². The molecule has 0 aliphatic heterocycles. The lowest BCUT2D eigenvalue weighted by molar-refractivity contribution is 0.0842. The van der Waals surface area contributed by atoms with Crippen LogP contribution in [0.25, 0.3) is 5.69 Å². The quantitative estimate of drug-likeness (QED) is 0.404. The number of aromatic hydroxyl groups is 1. The predicted octanol–water partition coefficient (Wildman–Crippen LogP) is 3.29. The lowest BCUT2D eigenvalue weighted by Crippen LogP contribution is -2.41. The number of ether oxygens (including phenoxy) is 1. The SMILES string of the molecule is O=C(NNC(=O)c1nn(-c2ccccc2)cc1O)c1cccc(OCc2cccs2)c1. The summed E-state index contributed by atoms with van der Waals surface area (Å²) in [6, 6.07) is 19.6. The van der Waals surface area contributed by atoms with Crippen molar-refractivity contribution >= 4 is 23.2 Å². The van der Waals surface area contributed by atoms with E-state index in [1.54, 1.807) is 47.7 Å². The number of thiophene rings is 1. The summed E-state index contributed by atoms with van der Waals surface area (Å²) in [5, 5.41) is 16.1. The molecule has 0 bridgehead atoms. The van der Waals surface area contributed by atoms with Crippen LogP contribution in [0.4, 0.5) is 0 Å². The second-order valence-electron chi connectivity index (χ2n) is 6.45. The Bertz CT molecular complexity index is 1190. The standard InChI is InChI=1S/C22H18N4O4S/c27-19-13-26(16-7-2-1-3-8-16)25-20(19)22(29)24-23-21(28)15-6-4-9-17(12-15)30-14-18-10-5-11-31-18/h1-13,27H,14H2,(H,23,28)(H,24,29). The molecule has 0 spiro atoms. The van der Waals surface area contributed by atoms with Crippen LogP contribution >= 0.6 is 11.3 Å². The molecule has 2 amide bonds. The highest BCUT2D eigenvalue weighted by atomic mass is 32.1. The number of nitrogens with one attached hydrogen (secondary N) is 2. The lowest BCUT2D eigenvalue weighted by atomic mass is 10.2. The van der Waals surface area contributed by atoms with E-state index in [-0.39, 0.29) is 11.4 Å². The van der Waals surface area contributed by atoms with Crippen molar-refractivity contribution < 1.29 is 19.4 Å². The number of carbonyl (C=O) groups is 2. The average molecular weight is 434 g/mol. The Morgan fingerprint density at radius 2 is 1.81 bits per heavy atom. The first-order valence-electron chi connectivity index (χ1n) is 9.30. The summed E-state index contributed by atoms with van der Waals surface area (Å²) < 4.78 is 7.07. The molecule has 9 heteroatoms. The van der Waals surface area contributed by atoms with E-state index >= 15 is 0 Å². The Morgan fingerprint density at radius 1 is 1.00 bits per heavy atom. The fourth-order valence-corrected chi connectivity index (χ4v) is 3.38. The molecule has 2 heterocycles. The smallest absolute Gasteiger partial charge is 0.294 e. The highest BCUT2D eigenvalue weighted by Gasteiger charge is 2.18. The van der Waals surface area contributed by atoms with Crippen molar-refractivity contribution in [2.24, 2.45) is 0 Å². The van der Waals surface area contributed by atoms with Crippen LogP contribution in [0.1, 0.15) is 25.7 Å². The topological polar surface area (TPSA) is 105 Å². The van der Waals surface area contributed by atoms with Crippen molar-refractivity contribution in [1.82, 2.24) is 20.6 Å². The molecule has 31 heavy (non-hydrogen) atoms. The average Bonchev–Trinajstić information content (AvgIpc) is 3.46. The second-order valence-corrected chi connectivity index (χ2v) is 7.48. The molecule has 0 aliphatic carbocycles. The number of para-hydroxylation sites is 1. The third-order valence-corrected chi connectivity index (χ3v) is 5.13. The maximum Gasteiger partial charge on any atom is 0.294 e. The predicted molar refractivity (Wildman–Crippen MR) is 115 cm³/mol. The molecule has 0 fully saturated rings. The third-order valence-electron chi connectivity index (χ3n) is 4.28. The molecule has 8 nitrogen and oxygen atoms in total. The van der Waals surface area contributed by atoms with E-state index in [1.807, 2.05) is 35.7 Å². The molecular formula is C22H18N4O4S. The molecule has 0 atom stereocenters. The number of benzene rings is 2. The highest BCUT2D eigenvalue weighted by molar-refractivity contribution is 7.09. The normalized spacial score (nSPS) is 10.5. The summed E-state index contributed by atoms with van der Waals surface area (Å²) in [7, 11) is 0. The number of hydrazine groups is 1. The minimum absolute atomic E-state index is 0.211. The highest BCUT2D eigenvalue weighted by Crippen LogP contribution is 2.19. The number of nitrogens with zero attached hydrogens (tertiary/aromatic N) is 2. The van der Waals surface area contributed by atoms with Crippen LogP contribution in [0.5, 0.6) is 11.5 Å². The van der Waals surface area contributed by atoms with E-state index in [0.29, 0.717) is 23.6 Å². The van der Waals surface area contributed by atoms with Crippen LogP contribution in [-0.4, -0.2) is 26.7 Å². The largest absolute Gasteiger partial charge is 0.504 e. The Kier molecular flexibility index (Phi) is 5.95. The van der Waals surface area contributed by atoms with Gasteiger partial charge in [-0.15, -0.1) is 11.3 Å². The lowest BCUT2D eigenvalue weighted by Gasteiger charge is -2.09. The molecular weight excluding hydrogens is 416 g/mol. The zero-order chi connectivity index (χ0) is 21.6. The molecule has 0 saturated heterocycles. The first-order chi connectivity index (χ1) is 15.1. The fourth-order valence-electron chi connectivity index (χ4n) is 2.76. The number of carbonyl (C=O) groups excluding carboxylic acids is 2. The fraction of sp³-hybridized carbons (Fsp3) is 0.0455. The van der Waals surface area contributed by atoms with Crippen LogP contribution in [-0.2, 0) is 6.61 Å². The van der Waals surface area contributed by atoms with Crippen molar-refractivity contribution in [1.29, 1.82) is 0 Å². The van der Waals surface area contributed by atoms with Crippen LogP contribution in [0.3, 0.4) is 0 Å². The summed E-state index contributed by atoms with van der Waals surface area (Å²) in [5.74, 6) is -1.05. The van der Waals surface area contributed by atoms with Crippen molar-refractivity contribution in [3.63, 3.8) is 0 Å². The van der Waals surface area contributed by atoms with E-state index in [2.05, 4.69) is 16.0 Å². The van der Waals surface area contributed by atoms with Crippen molar-refractivity contribution in [3.8, 4) is 17.2 Å². The van der Waals surface area contributed by atoms with Crippen molar-refractivity contribution in [2.45, 2.75) is 6.61 Å². The number of hydrogen-bond acceptors (Lipinski definition) is 6. The number of aromatic nitrogens is 2. The van der Waals surface area contributed by atoms with Gasteiger partial charge >= 0.3 is 0 Å². The van der Waals surface area contributed by atoms with Gasteiger partial charge in [-0.2, -0.15) is 5.10 Å². The van der Waals surface area contributed by atoms with Gasteiger partial charge in [-0.25, -0.2) is 4.68 Å². The first kappa shape index (κ1) is 20.2. The molecule has 4 rings (SSSR count). The molecule has 3 N–H and O–H groups in total. The monoisotopic (exact) mass is 434 g/mol. The summed E-state index contributed by atoms with van der Waals surface area (Å²) >= 11 is 1.58. The Balaban J connectivity index is 1.37. The van der Waals surface area contributed by atoms with Gasteiger partial charge in [0.25, 0.3) is 11.8 Å². The summed E-state index contributed by atoms with van der Waals surface area (Å²) in [6.07, 6.45) is 1.32. The summed E-state index contributed by atoms with van der Waals surface area (Å²) in [4.78, 5) is 25.8. The second kappa shape index (κ2) is 9.14. The van der Waals surface area contributed by atoms with Gasteiger partial charge in [-0.05, 0) is 41.8 Å². The van der Waals surface area contributed by atoms with Gasteiger partial charge in [0, 0.05) is 10.4 Å². The first-order valence-corrected chi connectivity index (χ1v) is 10.2. The van der Waals surface area contributed by atoms with Gasteiger partial charge in [0.05, 0.1) is 11.9 Å². The van der Waals surface area contributed by atoms with E-state index in [9.17, 15) is 14.7 Å². The van der Waals surface area contributed by atoms with E-state index < -0.39 is 11.8 Å². The van der Waals surface area contributed by atoms with Crippen LogP contribution < -0.4 is 15.6 Å². The van der Waals surface area contributed by atoms with Crippen LogP contribution in [0, 0.1) is 0 Å². The number of amides is 2. The van der Waals surface area contributed by atoms with Crippen LogP contribution in [0.15, 0.2) is 78.3 Å². The van der Waals surface area contributed by atoms with Gasteiger partial charge in [-0.1, -0.05) is 30.3 Å². The van der Waals surface area contributed by atoms with Gasteiger partial charge in [0.1, 0.15) is 12.4 Å². The zero-order valence-corrected chi connectivity index (χ0v) is 17.0. The molecule has 2 aromatic carbocycles. The molecule has 0 radical (unpaired) electrons. The van der Waals surface area contributed by atoms with Crippen LogP contribution in [0.2, 0.25) is 0 Å². The molecule has 156 valence electrons. The summed E-state index contributed by atoms with van der Waals surface area (Å²) in [6.45, 7) is 0.406. The molecule has 0 saturated carbocycles. The maximum absolute atomic E-state index is 12.4. The van der Waals surface area contributed by atoms with Gasteiger partial charge in [0.15, 0.2) is 11.4 Å². The Labute approximate surface area is 181 Å². The zero-order valence-electron chi connectivity index (χ0n) is 16.2. The molecule has 4 aromatic rings. The summed E-state index contributed by atoms with van der Waals surface area (Å²) in [5.41, 5.74) is 5.36. The molecule has 0 aliphatic rings.